The first-order valence-electron chi connectivity index (χ1n) is 12.9. The molecule has 0 radical (unpaired) electrons. The number of benzene rings is 1. The summed E-state index contributed by atoms with van der Waals surface area (Å²) in [4.78, 5) is 25.3. The van der Waals surface area contributed by atoms with Crippen LogP contribution in [0.15, 0.2) is 48.9 Å². The van der Waals surface area contributed by atoms with Crippen LogP contribution in [0.25, 0.3) is 11.0 Å². The molecule has 0 spiro atoms. The summed E-state index contributed by atoms with van der Waals surface area (Å²) in [5, 5.41) is 12.8. The van der Waals surface area contributed by atoms with Crippen molar-refractivity contribution in [3.63, 3.8) is 0 Å². The molecule has 0 bridgehead atoms. The fourth-order valence-corrected chi connectivity index (χ4v) is 6.60. The van der Waals surface area contributed by atoms with E-state index in [1.54, 1.807) is 27.6 Å². The predicted octanol–water partition coefficient (Wildman–Crippen LogP) is 3.38. The Morgan fingerprint density at radius 1 is 1.29 bits per heavy atom. The summed E-state index contributed by atoms with van der Waals surface area (Å²) in [6.45, 7) is 4.31. The van der Waals surface area contributed by atoms with Crippen LogP contribution >= 0.6 is 7.67 Å². The van der Waals surface area contributed by atoms with Gasteiger partial charge in [-0.2, -0.15) is 5.26 Å². The van der Waals surface area contributed by atoms with Crippen LogP contribution in [0.4, 0.5) is 5.82 Å². The summed E-state index contributed by atoms with van der Waals surface area (Å²) in [6.07, 6.45) is 5.42. The molecule has 1 aliphatic rings. The van der Waals surface area contributed by atoms with E-state index in [0.29, 0.717) is 49.3 Å². The number of likely N-dealkylation sites (tertiary alicyclic amines) is 1. The van der Waals surface area contributed by atoms with Crippen LogP contribution < -0.4 is 20.2 Å². The van der Waals surface area contributed by atoms with E-state index < -0.39 is 7.67 Å². The Hall–Kier alpha value is -3.45. The second kappa shape index (κ2) is 12.4. The van der Waals surface area contributed by atoms with Crippen LogP contribution in [0.3, 0.4) is 0 Å². The zero-order chi connectivity index (χ0) is 27.1. The minimum Gasteiger partial charge on any atom is -0.418 e. The van der Waals surface area contributed by atoms with Crippen LogP contribution in [0.2, 0.25) is 0 Å². The lowest BCUT2D eigenvalue weighted by Gasteiger charge is -2.42. The number of amides is 1. The molecule has 3 N–H and O–H groups in total. The number of carbonyl (C=O) groups excluding carboxylic acids is 1. The van der Waals surface area contributed by atoms with Crippen LogP contribution in [0.1, 0.15) is 32.6 Å². The third-order valence-electron chi connectivity index (χ3n) is 6.97. The summed E-state index contributed by atoms with van der Waals surface area (Å²) in [5.74, 6) is 1.30. The van der Waals surface area contributed by atoms with Crippen LogP contribution in [-0.2, 0) is 9.36 Å². The molecule has 2 aromatic heterocycles. The Balaban J connectivity index is 1.66. The number of aromatic nitrogens is 3. The van der Waals surface area contributed by atoms with Gasteiger partial charge in [-0.3, -0.25) is 4.79 Å². The largest absolute Gasteiger partial charge is 0.425 e. The number of nitrogens with zero attached hydrogens (tertiary/aromatic N) is 6. The highest BCUT2D eigenvalue weighted by Gasteiger charge is 2.34. The number of unbranched alkanes of at least 4 members (excludes halogenated alkanes) is 1. The zero-order valence-electron chi connectivity index (χ0n) is 21.9. The van der Waals surface area contributed by atoms with Crippen molar-refractivity contribution in [1.82, 2.24) is 24.3 Å². The molecule has 1 aromatic carbocycles. The van der Waals surface area contributed by atoms with Crippen molar-refractivity contribution in [2.45, 2.75) is 38.6 Å². The van der Waals surface area contributed by atoms with Crippen molar-refractivity contribution < 1.29 is 13.9 Å². The van der Waals surface area contributed by atoms with E-state index in [2.05, 4.69) is 26.9 Å². The molecule has 3 aromatic rings. The van der Waals surface area contributed by atoms with E-state index in [1.807, 2.05) is 37.4 Å². The maximum atomic E-state index is 14.3. The molecule has 1 amide bonds. The number of anilines is 1. The number of piperidine rings is 1. The van der Waals surface area contributed by atoms with Crippen molar-refractivity contribution in [2.24, 2.45) is 11.7 Å². The van der Waals surface area contributed by atoms with Gasteiger partial charge < -0.3 is 20.1 Å². The van der Waals surface area contributed by atoms with Gasteiger partial charge in [0.15, 0.2) is 5.65 Å². The van der Waals surface area contributed by atoms with E-state index in [0.717, 1.165) is 24.6 Å². The van der Waals surface area contributed by atoms with Gasteiger partial charge in [0.1, 0.15) is 24.3 Å². The molecule has 12 heteroatoms. The highest BCUT2D eigenvalue weighted by Crippen LogP contribution is 2.47. The number of likely N-dealkylation sites (N-methyl/N-ethyl adjacent to an activating group) is 1. The van der Waals surface area contributed by atoms with Crippen molar-refractivity contribution in [3.05, 3.63) is 48.9 Å². The van der Waals surface area contributed by atoms with Crippen molar-refractivity contribution >= 4 is 30.4 Å². The van der Waals surface area contributed by atoms with E-state index in [4.69, 9.17) is 15.5 Å². The molecule has 3 atom stereocenters. The Labute approximate surface area is 223 Å². The van der Waals surface area contributed by atoms with Gasteiger partial charge in [-0.25, -0.2) is 24.0 Å². The summed E-state index contributed by atoms with van der Waals surface area (Å²) >= 11 is 0. The fourth-order valence-electron chi connectivity index (χ4n) is 4.80. The topological polar surface area (TPSA) is 142 Å². The average molecular weight is 539 g/mol. The Morgan fingerprint density at radius 3 is 2.82 bits per heavy atom. The van der Waals surface area contributed by atoms with Gasteiger partial charge in [0.2, 0.25) is 5.91 Å². The van der Waals surface area contributed by atoms with Crippen molar-refractivity contribution in [3.8, 4) is 11.8 Å². The Morgan fingerprint density at radius 2 is 2.08 bits per heavy atom. The molecule has 1 fully saturated rings. The SMILES string of the molecule is C[C@@H]1CCN(C(=O)CC#N)C[C@@H]1N(C)c1ncnc2c1ccn2P(=O)(NCCCCN)Oc1ccccc1. The lowest BCUT2D eigenvalue weighted by atomic mass is 9.92. The molecule has 202 valence electrons. The number of nitriles is 1. The van der Waals surface area contributed by atoms with E-state index in [9.17, 15) is 9.36 Å². The molecule has 1 saturated heterocycles. The standard InChI is InChI=1S/C26H35N8O3P/c1-20-11-16-33(24(35)10-14-28)18-23(20)32(2)25-22-12-17-34(26(22)30-19-29-25)38(36,31-15-7-6-13-27)37-21-8-4-3-5-9-21/h3-5,8-9,12,17,19-20,23H,6-7,10-11,13,15-16,18,27H2,1-2H3,(H,31,36)/t20-,23+,38?/m1/s1. The van der Waals surface area contributed by atoms with E-state index in [1.165, 1.54) is 6.33 Å². The molecule has 3 heterocycles. The van der Waals surface area contributed by atoms with Gasteiger partial charge in [-0.05, 0) is 49.9 Å². The highest BCUT2D eigenvalue weighted by molar-refractivity contribution is 7.55. The van der Waals surface area contributed by atoms with Gasteiger partial charge in [0.25, 0.3) is 0 Å². The minimum atomic E-state index is -3.62. The van der Waals surface area contributed by atoms with Crippen molar-refractivity contribution in [2.75, 3.05) is 38.1 Å². The summed E-state index contributed by atoms with van der Waals surface area (Å²) in [6, 6.07) is 12.8. The smallest absolute Gasteiger partial charge is 0.418 e. The molecule has 38 heavy (non-hydrogen) atoms. The van der Waals surface area contributed by atoms with Crippen molar-refractivity contribution in [1.29, 1.82) is 5.26 Å². The quantitative estimate of drug-likeness (QED) is 0.277. The third-order valence-corrected chi connectivity index (χ3v) is 8.94. The van der Waals surface area contributed by atoms with Gasteiger partial charge in [0, 0.05) is 32.9 Å². The number of hydrogen-bond donors (Lipinski definition) is 2. The maximum Gasteiger partial charge on any atom is 0.425 e. The number of para-hydroxylation sites is 1. The van der Waals surface area contributed by atoms with Gasteiger partial charge in [0.05, 0.1) is 17.5 Å². The Kier molecular flexibility index (Phi) is 9.00. The number of nitrogens with one attached hydrogen (secondary N) is 1. The molecule has 1 unspecified atom stereocenters. The average Bonchev–Trinajstić information content (AvgIpc) is 3.37. The first-order valence-corrected chi connectivity index (χ1v) is 14.5. The molecule has 0 saturated carbocycles. The molecule has 4 rings (SSSR count). The first-order chi connectivity index (χ1) is 18.4. The summed E-state index contributed by atoms with van der Waals surface area (Å²) < 4.78 is 21.9. The summed E-state index contributed by atoms with van der Waals surface area (Å²) in [7, 11) is -1.68. The number of carbonyl (C=O) groups is 1. The number of rotatable bonds is 11. The summed E-state index contributed by atoms with van der Waals surface area (Å²) in [5.41, 5.74) is 6.12. The predicted molar refractivity (Wildman–Crippen MR) is 147 cm³/mol. The van der Waals surface area contributed by atoms with Crippen LogP contribution in [-0.4, -0.2) is 64.4 Å². The first kappa shape index (κ1) is 27.6. The highest BCUT2D eigenvalue weighted by atomic mass is 31.2. The van der Waals surface area contributed by atoms with E-state index >= 15 is 0 Å². The molecular weight excluding hydrogens is 503 g/mol. The number of fused-ring (bicyclic) bond motifs is 1. The zero-order valence-corrected chi connectivity index (χ0v) is 22.8. The Bertz CT molecular complexity index is 1330. The molecule has 0 aliphatic carbocycles. The van der Waals surface area contributed by atoms with Crippen LogP contribution in [0, 0.1) is 17.2 Å². The van der Waals surface area contributed by atoms with Crippen LogP contribution in [0.5, 0.6) is 5.75 Å². The van der Waals surface area contributed by atoms with Gasteiger partial charge >= 0.3 is 7.67 Å². The lowest BCUT2D eigenvalue weighted by molar-refractivity contribution is -0.131. The monoisotopic (exact) mass is 538 g/mol. The minimum absolute atomic E-state index is 0.00500. The van der Waals surface area contributed by atoms with E-state index in [-0.39, 0.29) is 18.4 Å². The second-order valence-corrected chi connectivity index (χ2v) is 11.5. The van der Waals surface area contributed by atoms with Gasteiger partial charge in [-0.15, -0.1) is 0 Å². The molecule has 11 nitrogen and oxygen atoms in total. The number of hydrogen-bond acceptors (Lipinski definition) is 8. The fraction of sp³-hybridized carbons (Fsp3) is 0.462. The molecular formula is C26H35N8O3P. The van der Waals surface area contributed by atoms with Gasteiger partial charge in [-0.1, -0.05) is 25.1 Å². The second-order valence-electron chi connectivity index (χ2n) is 9.54. The number of nitrogens with two attached hydrogens (primary N) is 1. The maximum absolute atomic E-state index is 14.3. The molecule has 1 aliphatic heterocycles. The lowest BCUT2D eigenvalue weighted by Crippen LogP contribution is -2.52. The normalized spacial score (nSPS) is 19.1. The third kappa shape index (κ3) is 5.99.